The molecule has 19 heavy (non-hydrogen) atoms. The van der Waals surface area contributed by atoms with E-state index in [0.717, 1.165) is 31.3 Å². The monoisotopic (exact) mass is 263 g/mol. The first-order valence-corrected chi connectivity index (χ1v) is 7.23. The molecule has 0 spiro atoms. The number of hydrogen-bond donors (Lipinski definition) is 1. The Morgan fingerprint density at radius 3 is 3.05 bits per heavy atom. The molecule has 0 saturated carbocycles. The minimum atomic E-state index is -0.411. The SMILES string of the molecule is Cc1cccc(OC[C@H](O)CN2CCC[C@H](C)C2)c1. The molecule has 1 aliphatic rings. The number of aliphatic hydroxyl groups is 1. The summed E-state index contributed by atoms with van der Waals surface area (Å²) >= 11 is 0. The first kappa shape index (κ1) is 14.4. The number of ether oxygens (including phenoxy) is 1. The maximum Gasteiger partial charge on any atom is 0.119 e. The van der Waals surface area contributed by atoms with Crippen LogP contribution in [-0.4, -0.2) is 42.4 Å². The van der Waals surface area contributed by atoms with Gasteiger partial charge >= 0.3 is 0 Å². The molecule has 0 unspecified atom stereocenters. The maximum atomic E-state index is 10.1. The largest absolute Gasteiger partial charge is 0.491 e. The van der Waals surface area contributed by atoms with E-state index in [0.29, 0.717) is 6.61 Å². The molecule has 1 N–H and O–H groups in total. The average molecular weight is 263 g/mol. The number of piperidine rings is 1. The molecular formula is C16H25NO2. The summed E-state index contributed by atoms with van der Waals surface area (Å²) < 4.78 is 5.64. The van der Waals surface area contributed by atoms with Crippen LogP contribution in [0.4, 0.5) is 0 Å². The van der Waals surface area contributed by atoms with Crippen molar-refractivity contribution in [2.75, 3.05) is 26.2 Å². The molecule has 3 nitrogen and oxygen atoms in total. The third kappa shape index (κ3) is 4.84. The van der Waals surface area contributed by atoms with Crippen molar-refractivity contribution in [3.05, 3.63) is 29.8 Å². The third-order valence-corrected chi connectivity index (χ3v) is 3.64. The van der Waals surface area contributed by atoms with Gasteiger partial charge in [0.05, 0.1) is 0 Å². The first-order valence-electron chi connectivity index (χ1n) is 7.23. The summed E-state index contributed by atoms with van der Waals surface area (Å²) in [6, 6.07) is 7.94. The minimum absolute atomic E-state index is 0.369. The zero-order chi connectivity index (χ0) is 13.7. The van der Waals surface area contributed by atoms with Gasteiger partial charge in [0, 0.05) is 13.1 Å². The van der Waals surface area contributed by atoms with E-state index in [9.17, 15) is 5.11 Å². The van der Waals surface area contributed by atoms with Crippen LogP contribution < -0.4 is 4.74 Å². The number of nitrogens with zero attached hydrogens (tertiary/aromatic N) is 1. The fourth-order valence-electron chi connectivity index (χ4n) is 2.70. The molecule has 0 bridgehead atoms. The van der Waals surface area contributed by atoms with E-state index in [1.807, 2.05) is 31.2 Å². The van der Waals surface area contributed by atoms with Gasteiger partial charge in [0.15, 0.2) is 0 Å². The highest BCUT2D eigenvalue weighted by molar-refractivity contribution is 5.27. The number of rotatable bonds is 5. The van der Waals surface area contributed by atoms with Crippen LogP contribution in [0.1, 0.15) is 25.3 Å². The van der Waals surface area contributed by atoms with E-state index in [4.69, 9.17) is 4.74 Å². The van der Waals surface area contributed by atoms with Crippen molar-refractivity contribution >= 4 is 0 Å². The van der Waals surface area contributed by atoms with Crippen molar-refractivity contribution in [3.8, 4) is 5.75 Å². The lowest BCUT2D eigenvalue weighted by Gasteiger charge is -2.32. The smallest absolute Gasteiger partial charge is 0.119 e. The lowest BCUT2D eigenvalue weighted by atomic mass is 10.0. The Morgan fingerprint density at radius 2 is 2.32 bits per heavy atom. The van der Waals surface area contributed by atoms with E-state index < -0.39 is 6.10 Å². The highest BCUT2D eigenvalue weighted by Gasteiger charge is 2.19. The van der Waals surface area contributed by atoms with E-state index >= 15 is 0 Å². The highest BCUT2D eigenvalue weighted by Crippen LogP contribution is 2.16. The molecule has 1 fully saturated rings. The van der Waals surface area contributed by atoms with Gasteiger partial charge in [-0.2, -0.15) is 0 Å². The summed E-state index contributed by atoms with van der Waals surface area (Å²) in [5.41, 5.74) is 1.18. The Morgan fingerprint density at radius 1 is 1.47 bits per heavy atom. The van der Waals surface area contributed by atoms with Crippen molar-refractivity contribution in [2.24, 2.45) is 5.92 Å². The Kier molecular flexibility index (Phi) is 5.23. The minimum Gasteiger partial charge on any atom is -0.491 e. The predicted molar refractivity (Wildman–Crippen MR) is 77.5 cm³/mol. The molecule has 1 heterocycles. The van der Waals surface area contributed by atoms with Crippen LogP contribution in [0.3, 0.4) is 0 Å². The zero-order valence-electron chi connectivity index (χ0n) is 12.0. The molecule has 1 aliphatic heterocycles. The number of aliphatic hydroxyl groups excluding tert-OH is 1. The van der Waals surface area contributed by atoms with Crippen LogP contribution in [0.15, 0.2) is 24.3 Å². The second-order valence-corrected chi connectivity index (χ2v) is 5.79. The summed E-state index contributed by atoms with van der Waals surface area (Å²) in [7, 11) is 0. The number of hydrogen-bond acceptors (Lipinski definition) is 3. The van der Waals surface area contributed by atoms with Crippen LogP contribution >= 0.6 is 0 Å². The molecule has 1 aromatic rings. The average Bonchev–Trinajstić information content (AvgIpc) is 2.36. The number of aryl methyl sites for hydroxylation is 1. The lowest BCUT2D eigenvalue weighted by Crippen LogP contribution is -2.41. The maximum absolute atomic E-state index is 10.1. The molecule has 3 heteroatoms. The molecule has 1 aromatic carbocycles. The molecule has 106 valence electrons. The van der Waals surface area contributed by atoms with E-state index in [1.165, 1.54) is 18.4 Å². The summed E-state index contributed by atoms with van der Waals surface area (Å²) in [5, 5.41) is 10.1. The van der Waals surface area contributed by atoms with Gasteiger partial charge in [-0.05, 0) is 49.9 Å². The zero-order valence-corrected chi connectivity index (χ0v) is 12.0. The lowest BCUT2D eigenvalue weighted by molar-refractivity contribution is 0.0537. The van der Waals surface area contributed by atoms with Gasteiger partial charge in [-0.15, -0.1) is 0 Å². The van der Waals surface area contributed by atoms with Gasteiger partial charge in [-0.1, -0.05) is 19.1 Å². The molecule has 1 saturated heterocycles. The molecule has 0 aliphatic carbocycles. The van der Waals surface area contributed by atoms with Gasteiger partial charge in [-0.25, -0.2) is 0 Å². The molecule has 0 aromatic heterocycles. The summed E-state index contributed by atoms with van der Waals surface area (Å²) in [5.74, 6) is 1.59. The van der Waals surface area contributed by atoms with Gasteiger partial charge < -0.3 is 14.7 Å². The number of likely N-dealkylation sites (tertiary alicyclic amines) is 1. The topological polar surface area (TPSA) is 32.7 Å². The van der Waals surface area contributed by atoms with Crippen LogP contribution in [0.25, 0.3) is 0 Å². The second-order valence-electron chi connectivity index (χ2n) is 5.79. The van der Waals surface area contributed by atoms with Crippen molar-refractivity contribution < 1.29 is 9.84 Å². The Labute approximate surface area is 116 Å². The summed E-state index contributed by atoms with van der Waals surface area (Å²) in [4.78, 5) is 2.35. The van der Waals surface area contributed by atoms with Crippen LogP contribution in [0, 0.1) is 12.8 Å². The van der Waals surface area contributed by atoms with E-state index in [2.05, 4.69) is 11.8 Å². The van der Waals surface area contributed by atoms with Crippen LogP contribution in [0.2, 0.25) is 0 Å². The van der Waals surface area contributed by atoms with Crippen molar-refractivity contribution in [3.63, 3.8) is 0 Å². The van der Waals surface area contributed by atoms with Crippen molar-refractivity contribution in [1.29, 1.82) is 0 Å². The van der Waals surface area contributed by atoms with Crippen molar-refractivity contribution in [2.45, 2.75) is 32.8 Å². The van der Waals surface area contributed by atoms with Crippen LogP contribution in [0.5, 0.6) is 5.75 Å². The quantitative estimate of drug-likeness (QED) is 0.886. The third-order valence-electron chi connectivity index (χ3n) is 3.64. The standard InChI is InChI=1S/C16H25NO2/c1-13-5-3-7-16(9-13)19-12-15(18)11-17-8-4-6-14(2)10-17/h3,5,7,9,14-15,18H,4,6,8,10-12H2,1-2H3/t14-,15+/m0/s1. The number of benzene rings is 1. The molecule has 2 atom stereocenters. The predicted octanol–water partition coefficient (Wildman–Crippen LogP) is 2.47. The normalized spacial score (nSPS) is 22.2. The van der Waals surface area contributed by atoms with Gasteiger partial charge in [0.25, 0.3) is 0 Å². The second kappa shape index (κ2) is 6.92. The van der Waals surface area contributed by atoms with Gasteiger partial charge in [0.1, 0.15) is 18.5 Å². The van der Waals surface area contributed by atoms with Crippen molar-refractivity contribution in [1.82, 2.24) is 4.90 Å². The molecule has 0 radical (unpaired) electrons. The highest BCUT2D eigenvalue weighted by atomic mass is 16.5. The first-order chi connectivity index (χ1) is 9.13. The Bertz CT molecular complexity index is 394. The summed E-state index contributed by atoms with van der Waals surface area (Å²) in [6.07, 6.45) is 2.14. The van der Waals surface area contributed by atoms with E-state index in [1.54, 1.807) is 0 Å². The fourth-order valence-corrected chi connectivity index (χ4v) is 2.70. The van der Waals surface area contributed by atoms with E-state index in [-0.39, 0.29) is 0 Å². The van der Waals surface area contributed by atoms with Gasteiger partial charge in [0.2, 0.25) is 0 Å². The summed E-state index contributed by atoms with van der Waals surface area (Å²) in [6.45, 7) is 7.61. The molecular weight excluding hydrogens is 238 g/mol. The molecule has 2 rings (SSSR count). The number of β-amino-alcohol motifs (C(OH)–C–C–N with tert-alkyl or cyclic N) is 1. The Balaban J connectivity index is 1.73. The van der Waals surface area contributed by atoms with Gasteiger partial charge in [-0.3, -0.25) is 0 Å². The van der Waals surface area contributed by atoms with Crippen LogP contribution in [-0.2, 0) is 0 Å². The fraction of sp³-hybridized carbons (Fsp3) is 0.625. The molecule has 0 amide bonds. The Hall–Kier alpha value is -1.06.